The number of nitrogens with one attached hydrogen (secondary N) is 2. The van der Waals surface area contributed by atoms with Gasteiger partial charge in [0.05, 0.1) is 5.56 Å². The molecule has 170 valence electrons. The standard InChI is InChI=1S/C26H21N3O5/c1-16-4-2-7-21(12-16)27-23(30)15-29-24(31)22(28-26(29)34)13-17-8-10-18(11-9-17)19-5-3-6-20(14-19)25(32)33/h2-14H,15H2,1H3,(H,27,30)(H,28,34)(H,32,33)/b22-13-. The van der Waals surface area contributed by atoms with Crippen molar-refractivity contribution in [2.45, 2.75) is 6.92 Å². The molecular formula is C26H21N3O5. The topological polar surface area (TPSA) is 116 Å². The minimum Gasteiger partial charge on any atom is -0.478 e. The van der Waals surface area contributed by atoms with Gasteiger partial charge in [-0.15, -0.1) is 0 Å². The number of hydrogen-bond donors (Lipinski definition) is 3. The lowest BCUT2D eigenvalue weighted by atomic mass is 10.0. The lowest BCUT2D eigenvalue weighted by Crippen LogP contribution is -2.38. The van der Waals surface area contributed by atoms with Gasteiger partial charge in [0.15, 0.2) is 0 Å². The van der Waals surface area contributed by atoms with Gasteiger partial charge in [-0.05, 0) is 59.5 Å². The maximum absolute atomic E-state index is 12.7. The Morgan fingerprint density at radius 3 is 2.41 bits per heavy atom. The van der Waals surface area contributed by atoms with E-state index in [1.54, 1.807) is 60.7 Å². The van der Waals surface area contributed by atoms with E-state index in [4.69, 9.17) is 5.11 Å². The van der Waals surface area contributed by atoms with Crippen molar-refractivity contribution in [1.82, 2.24) is 10.2 Å². The highest BCUT2D eigenvalue weighted by molar-refractivity contribution is 6.16. The van der Waals surface area contributed by atoms with E-state index in [0.29, 0.717) is 11.3 Å². The number of benzene rings is 3. The first-order valence-corrected chi connectivity index (χ1v) is 10.4. The Bertz CT molecular complexity index is 1330. The van der Waals surface area contributed by atoms with Crippen LogP contribution in [0.2, 0.25) is 0 Å². The van der Waals surface area contributed by atoms with Gasteiger partial charge in [-0.25, -0.2) is 14.5 Å². The van der Waals surface area contributed by atoms with Crippen molar-refractivity contribution in [3.63, 3.8) is 0 Å². The average Bonchev–Trinajstić information content (AvgIpc) is 3.07. The highest BCUT2D eigenvalue weighted by atomic mass is 16.4. The van der Waals surface area contributed by atoms with Gasteiger partial charge in [0.2, 0.25) is 5.91 Å². The van der Waals surface area contributed by atoms with E-state index >= 15 is 0 Å². The second kappa shape index (κ2) is 9.41. The van der Waals surface area contributed by atoms with E-state index in [0.717, 1.165) is 21.6 Å². The molecule has 1 saturated heterocycles. The summed E-state index contributed by atoms with van der Waals surface area (Å²) < 4.78 is 0. The smallest absolute Gasteiger partial charge is 0.335 e. The average molecular weight is 455 g/mol. The number of anilines is 1. The highest BCUT2D eigenvalue weighted by Gasteiger charge is 2.34. The van der Waals surface area contributed by atoms with Crippen molar-refractivity contribution in [3.8, 4) is 11.1 Å². The SMILES string of the molecule is Cc1cccc(NC(=O)CN2C(=O)N/C(=C\c3ccc(-c4cccc(C(=O)O)c4)cc3)C2=O)c1. The van der Waals surface area contributed by atoms with E-state index in [1.807, 2.05) is 13.0 Å². The molecule has 0 aliphatic carbocycles. The molecule has 3 N–H and O–H groups in total. The zero-order valence-electron chi connectivity index (χ0n) is 18.2. The van der Waals surface area contributed by atoms with Gasteiger partial charge in [-0.2, -0.15) is 0 Å². The molecule has 1 aliphatic heterocycles. The number of carbonyl (C=O) groups excluding carboxylic acids is 3. The van der Waals surface area contributed by atoms with E-state index in [-0.39, 0.29) is 11.3 Å². The molecule has 4 amide bonds. The molecule has 0 saturated carbocycles. The van der Waals surface area contributed by atoms with E-state index in [9.17, 15) is 19.2 Å². The number of aryl methyl sites for hydroxylation is 1. The summed E-state index contributed by atoms with van der Waals surface area (Å²) >= 11 is 0. The van der Waals surface area contributed by atoms with Crippen LogP contribution < -0.4 is 10.6 Å². The van der Waals surface area contributed by atoms with Crippen LogP contribution in [0.4, 0.5) is 10.5 Å². The summed E-state index contributed by atoms with van der Waals surface area (Å²) in [6.45, 7) is 1.48. The molecule has 34 heavy (non-hydrogen) atoms. The van der Waals surface area contributed by atoms with Crippen LogP contribution in [0.15, 0.2) is 78.5 Å². The molecule has 0 unspecified atom stereocenters. The van der Waals surface area contributed by atoms with Crippen LogP contribution in [0.3, 0.4) is 0 Å². The molecule has 0 bridgehead atoms. The third kappa shape index (κ3) is 5.02. The van der Waals surface area contributed by atoms with Gasteiger partial charge < -0.3 is 15.7 Å². The van der Waals surface area contributed by atoms with Crippen LogP contribution >= 0.6 is 0 Å². The first kappa shape index (κ1) is 22.5. The number of carboxylic acid groups (broad SMARTS) is 1. The number of nitrogens with zero attached hydrogens (tertiary/aromatic N) is 1. The van der Waals surface area contributed by atoms with Gasteiger partial charge in [0, 0.05) is 5.69 Å². The zero-order chi connectivity index (χ0) is 24.2. The van der Waals surface area contributed by atoms with Crippen molar-refractivity contribution in [2.24, 2.45) is 0 Å². The molecule has 0 spiro atoms. The molecule has 0 aromatic heterocycles. The van der Waals surface area contributed by atoms with Gasteiger partial charge in [-0.3, -0.25) is 9.59 Å². The van der Waals surface area contributed by atoms with Crippen LogP contribution in [-0.2, 0) is 9.59 Å². The Morgan fingerprint density at radius 1 is 0.971 bits per heavy atom. The summed E-state index contributed by atoms with van der Waals surface area (Å²) in [5.74, 6) is -2.08. The summed E-state index contributed by atoms with van der Waals surface area (Å²) in [4.78, 5) is 49.3. The maximum atomic E-state index is 12.7. The summed E-state index contributed by atoms with van der Waals surface area (Å²) in [5, 5.41) is 14.3. The lowest BCUT2D eigenvalue weighted by Gasteiger charge is -2.12. The monoisotopic (exact) mass is 455 g/mol. The Hall–Kier alpha value is -4.72. The summed E-state index contributed by atoms with van der Waals surface area (Å²) in [5.41, 5.74) is 4.02. The first-order chi connectivity index (χ1) is 16.3. The fourth-order valence-electron chi connectivity index (χ4n) is 3.55. The molecule has 1 fully saturated rings. The fourth-order valence-corrected chi connectivity index (χ4v) is 3.55. The summed E-state index contributed by atoms with van der Waals surface area (Å²) in [7, 11) is 0. The van der Waals surface area contributed by atoms with Crippen LogP contribution in [0.5, 0.6) is 0 Å². The molecule has 4 rings (SSSR count). The number of urea groups is 1. The number of aromatic carboxylic acids is 1. The van der Waals surface area contributed by atoms with Crippen molar-refractivity contribution in [2.75, 3.05) is 11.9 Å². The van der Waals surface area contributed by atoms with Crippen molar-refractivity contribution in [1.29, 1.82) is 0 Å². The molecule has 3 aromatic rings. The van der Waals surface area contributed by atoms with Crippen molar-refractivity contribution >= 4 is 35.6 Å². The Kier molecular flexibility index (Phi) is 6.22. The van der Waals surface area contributed by atoms with Gasteiger partial charge in [0.1, 0.15) is 12.2 Å². The van der Waals surface area contributed by atoms with Gasteiger partial charge in [0.25, 0.3) is 5.91 Å². The van der Waals surface area contributed by atoms with E-state index in [1.165, 1.54) is 12.1 Å². The Morgan fingerprint density at radius 2 is 1.71 bits per heavy atom. The first-order valence-electron chi connectivity index (χ1n) is 10.4. The minimum absolute atomic E-state index is 0.0639. The number of hydrogen-bond acceptors (Lipinski definition) is 4. The maximum Gasteiger partial charge on any atom is 0.335 e. The van der Waals surface area contributed by atoms with Gasteiger partial charge >= 0.3 is 12.0 Å². The Balaban J connectivity index is 1.45. The molecule has 0 radical (unpaired) electrons. The molecular weight excluding hydrogens is 434 g/mol. The van der Waals surface area contributed by atoms with E-state index < -0.39 is 30.4 Å². The van der Waals surface area contributed by atoms with Crippen LogP contribution in [-0.4, -0.2) is 40.4 Å². The Labute approximate surface area is 195 Å². The van der Waals surface area contributed by atoms with Crippen LogP contribution in [0.25, 0.3) is 17.2 Å². The van der Waals surface area contributed by atoms with Crippen LogP contribution in [0.1, 0.15) is 21.5 Å². The quantitative estimate of drug-likeness (QED) is 0.385. The predicted octanol–water partition coefficient (Wildman–Crippen LogP) is 3.89. The number of amides is 4. The number of carbonyl (C=O) groups is 4. The molecule has 1 heterocycles. The number of imide groups is 1. The predicted molar refractivity (Wildman–Crippen MR) is 127 cm³/mol. The fraction of sp³-hybridized carbons (Fsp3) is 0.0769. The second-order valence-corrected chi connectivity index (χ2v) is 7.81. The molecule has 8 nitrogen and oxygen atoms in total. The molecule has 0 atom stereocenters. The van der Waals surface area contributed by atoms with Gasteiger partial charge in [-0.1, -0.05) is 48.5 Å². The molecule has 3 aromatic carbocycles. The normalized spacial score (nSPS) is 14.3. The van der Waals surface area contributed by atoms with Crippen molar-refractivity contribution in [3.05, 3.63) is 95.2 Å². The molecule has 8 heteroatoms. The zero-order valence-corrected chi connectivity index (χ0v) is 18.2. The highest BCUT2D eigenvalue weighted by Crippen LogP contribution is 2.22. The summed E-state index contributed by atoms with van der Waals surface area (Å²) in [6, 6.07) is 20.2. The third-order valence-corrected chi connectivity index (χ3v) is 5.23. The lowest BCUT2D eigenvalue weighted by molar-refractivity contribution is -0.127. The second-order valence-electron chi connectivity index (χ2n) is 7.81. The third-order valence-electron chi connectivity index (χ3n) is 5.23. The number of rotatable bonds is 6. The number of carboxylic acids is 1. The van der Waals surface area contributed by atoms with Crippen molar-refractivity contribution < 1.29 is 24.3 Å². The largest absolute Gasteiger partial charge is 0.478 e. The minimum atomic E-state index is -1.00. The summed E-state index contributed by atoms with van der Waals surface area (Å²) in [6.07, 6.45) is 1.52. The van der Waals surface area contributed by atoms with E-state index in [2.05, 4.69) is 10.6 Å². The van der Waals surface area contributed by atoms with Crippen LogP contribution in [0, 0.1) is 6.92 Å². The molecule has 1 aliphatic rings.